The highest BCUT2D eigenvalue weighted by Gasteiger charge is 2.03. The lowest BCUT2D eigenvalue weighted by Gasteiger charge is -1.96. The Bertz CT molecular complexity index is 348. The van der Waals surface area contributed by atoms with Gasteiger partial charge >= 0.3 is 6.47 Å². The molecule has 0 aliphatic carbocycles. The van der Waals surface area contributed by atoms with E-state index in [9.17, 15) is 13.6 Å². The summed E-state index contributed by atoms with van der Waals surface area (Å²) in [7, 11) is 0. The topological polar surface area (TPSA) is 26.3 Å². The Hall–Kier alpha value is -1.71. The van der Waals surface area contributed by atoms with Crippen molar-refractivity contribution in [3.05, 3.63) is 41.5 Å². The van der Waals surface area contributed by atoms with Crippen LogP contribution in [0.3, 0.4) is 0 Å². The van der Waals surface area contributed by atoms with Crippen LogP contribution in [0.1, 0.15) is 5.56 Å². The summed E-state index contributed by atoms with van der Waals surface area (Å²) < 4.78 is 29.8. The van der Waals surface area contributed by atoms with Crippen LogP contribution >= 0.6 is 0 Å². The molecule has 2 nitrogen and oxygen atoms in total. The van der Waals surface area contributed by atoms with E-state index in [0.717, 1.165) is 6.07 Å². The predicted octanol–water partition coefficient (Wildman–Crippen LogP) is 2.06. The van der Waals surface area contributed by atoms with E-state index in [4.69, 9.17) is 0 Å². The molecule has 1 aromatic carbocycles. The molecule has 0 amide bonds. The zero-order chi connectivity index (χ0) is 10.4. The fourth-order valence-electron chi connectivity index (χ4n) is 0.906. The minimum absolute atomic E-state index is 0.0144. The van der Waals surface area contributed by atoms with Crippen LogP contribution < -0.4 is 0 Å². The van der Waals surface area contributed by atoms with E-state index >= 15 is 0 Å². The Morgan fingerprint density at radius 3 is 2.93 bits per heavy atom. The van der Waals surface area contributed by atoms with Gasteiger partial charge in [0.1, 0.15) is 6.61 Å². The van der Waals surface area contributed by atoms with Crippen LogP contribution in [-0.4, -0.2) is 13.1 Å². The summed E-state index contributed by atoms with van der Waals surface area (Å²) >= 11 is 0. The van der Waals surface area contributed by atoms with Gasteiger partial charge in [0.25, 0.3) is 0 Å². The van der Waals surface area contributed by atoms with E-state index in [2.05, 4.69) is 4.74 Å². The zero-order valence-electron chi connectivity index (χ0n) is 7.17. The van der Waals surface area contributed by atoms with Crippen LogP contribution in [0.2, 0.25) is 0 Å². The van der Waals surface area contributed by atoms with Crippen LogP contribution in [0.15, 0.2) is 24.3 Å². The lowest BCUT2D eigenvalue weighted by atomic mass is 10.2. The van der Waals surface area contributed by atoms with Crippen LogP contribution in [-0.2, 0) is 9.53 Å². The minimum atomic E-state index is -0.918. The summed E-state index contributed by atoms with van der Waals surface area (Å²) in [5, 5.41) is 0. The van der Waals surface area contributed by atoms with Gasteiger partial charge in [0, 0.05) is 5.56 Å². The summed E-state index contributed by atoms with van der Waals surface area (Å²) in [4.78, 5) is 9.62. The lowest BCUT2D eigenvalue weighted by Crippen LogP contribution is -1.89. The van der Waals surface area contributed by atoms with Crippen LogP contribution in [0, 0.1) is 11.6 Å². The van der Waals surface area contributed by atoms with Crippen molar-refractivity contribution < 1.29 is 18.3 Å². The molecular weight excluding hydrogens is 190 g/mol. The van der Waals surface area contributed by atoms with E-state index < -0.39 is 11.6 Å². The number of carbonyl (C=O) groups excluding carboxylic acids is 1. The van der Waals surface area contributed by atoms with Crippen LogP contribution in [0.4, 0.5) is 8.78 Å². The molecule has 0 saturated carbocycles. The van der Waals surface area contributed by atoms with Crippen molar-refractivity contribution >= 4 is 12.5 Å². The number of benzene rings is 1. The monoisotopic (exact) mass is 197 g/mol. The van der Waals surface area contributed by atoms with E-state index in [1.165, 1.54) is 30.8 Å². The third-order valence-electron chi connectivity index (χ3n) is 1.52. The lowest BCUT2D eigenvalue weighted by molar-refractivity contribution is 0.314. The maximum atomic E-state index is 13.0. The first-order chi connectivity index (χ1) is 6.75. The molecule has 0 N–H and O–H groups in total. The number of halogens is 2. The van der Waals surface area contributed by atoms with Crippen molar-refractivity contribution in [2.75, 3.05) is 6.61 Å². The summed E-state index contributed by atoms with van der Waals surface area (Å²) in [6, 6.07) is 3.84. The standard InChI is InChI=1S/C10H7F2O2/c11-9-5-1-3-8(10(9)12)4-2-6-14-7-13/h1-5H,6H2/b4-2+. The maximum Gasteiger partial charge on any atom is 0.417 e. The molecular formula is C10H7F2O2. The number of rotatable bonds is 4. The fourth-order valence-corrected chi connectivity index (χ4v) is 0.906. The number of hydrogen-bond donors (Lipinski definition) is 0. The summed E-state index contributed by atoms with van der Waals surface area (Å²) in [5.74, 6) is -1.83. The molecule has 0 aromatic heterocycles. The minimum Gasteiger partial charge on any atom is -0.453 e. The molecule has 0 aliphatic heterocycles. The number of hydrogen-bond acceptors (Lipinski definition) is 2. The fraction of sp³-hybridized carbons (Fsp3) is 0.100. The molecule has 0 heterocycles. The molecule has 0 saturated heterocycles. The highest BCUT2D eigenvalue weighted by Crippen LogP contribution is 2.12. The zero-order valence-corrected chi connectivity index (χ0v) is 7.17. The molecule has 73 valence electrons. The Balaban J connectivity index is 2.71. The van der Waals surface area contributed by atoms with Crippen molar-refractivity contribution in [3.63, 3.8) is 0 Å². The van der Waals surface area contributed by atoms with Gasteiger partial charge in [-0.3, -0.25) is 0 Å². The first kappa shape index (κ1) is 10.4. The van der Waals surface area contributed by atoms with Crippen LogP contribution in [0.5, 0.6) is 0 Å². The van der Waals surface area contributed by atoms with Crippen molar-refractivity contribution in [2.24, 2.45) is 0 Å². The van der Waals surface area contributed by atoms with Gasteiger partial charge in [-0.25, -0.2) is 13.6 Å². The Kier molecular flexibility index (Phi) is 3.79. The van der Waals surface area contributed by atoms with E-state index in [-0.39, 0.29) is 12.2 Å². The Morgan fingerprint density at radius 1 is 1.43 bits per heavy atom. The van der Waals surface area contributed by atoms with E-state index in [1.807, 2.05) is 0 Å². The van der Waals surface area contributed by atoms with Crippen LogP contribution in [0.25, 0.3) is 6.08 Å². The van der Waals surface area contributed by atoms with Gasteiger partial charge in [-0.15, -0.1) is 0 Å². The SMILES string of the molecule is O=[C]OC/C=C/c1cccc(F)c1F. The summed E-state index contributed by atoms with van der Waals surface area (Å²) in [5.41, 5.74) is 0.111. The molecule has 4 heteroatoms. The molecule has 0 atom stereocenters. The van der Waals surface area contributed by atoms with Gasteiger partial charge in [0.2, 0.25) is 0 Å². The molecule has 14 heavy (non-hydrogen) atoms. The molecule has 0 spiro atoms. The van der Waals surface area contributed by atoms with E-state index in [0.29, 0.717) is 0 Å². The number of ether oxygens (including phenoxy) is 1. The average molecular weight is 197 g/mol. The molecule has 0 unspecified atom stereocenters. The summed E-state index contributed by atoms with van der Waals surface area (Å²) in [6.07, 6.45) is 2.72. The largest absolute Gasteiger partial charge is 0.453 e. The third-order valence-corrected chi connectivity index (χ3v) is 1.52. The maximum absolute atomic E-state index is 13.0. The molecule has 1 rings (SSSR count). The van der Waals surface area contributed by atoms with Gasteiger partial charge in [-0.05, 0) is 12.1 Å². The van der Waals surface area contributed by atoms with Crippen molar-refractivity contribution in [1.29, 1.82) is 0 Å². The van der Waals surface area contributed by atoms with Crippen molar-refractivity contribution in [2.45, 2.75) is 0 Å². The highest BCUT2D eigenvalue weighted by molar-refractivity contribution is 5.50. The van der Waals surface area contributed by atoms with Gasteiger partial charge in [0.15, 0.2) is 11.6 Å². The summed E-state index contributed by atoms with van der Waals surface area (Å²) in [6.45, 7) is 1.20. The van der Waals surface area contributed by atoms with Gasteiger partial charge in [0.05, 0.1) is 0 Å². The normalized spacial score (nSPS) is 10.4. The predicted molar refractivity (Wildman–Crippen MR) is 47.0 cm³/mol. The molecule has 1 radical (unpaired) electrons. The molecule has 0 bridgehead atoms. The molecule has 0 fully saturated rings. The third kappa shape index (κ3) is 2.65. The molecule has 0 aliphatic rings. The molecule has 1 aromatic rings. The Morgan fingerprint density at radius 2 is 2.21 bits per heavy atom. The smallest absolute Gasteiger partial charge is 0.417 e. The second-order valence-electron chi connectivity index (χ2n) is 2.44. The van der Waals surface area contributed by atoms with Gasteiger partial charge < -0.3 is 4.74 Å². The average Bonchev–Trinajstić information content (AvgIpc) is 2.19. The quantitative estimate of drug-likeness (QED) is 0.690. The Labute approximate surface area is 79.8 Å². The van der Waals surface area contributed by atoms with Crippen molar-refractivity contribution in [1.82, 2.24) is 0 Å². The van der Waals surface area contributed by atoms with Crippen molar-refractivity contribution in [3.8, 4) is 0 Å². The van der Waals surface area contributed by atoms with E-state index in [1.54, 1.807) is 0 Å². The van der Waals surface area contributed by atoms with Gasteiger partial charge in [-0.2, -0.15) is 0 Å². The highest BCUT2D eigenvalue weighted by atomic mass is 19.2. The van der Waals surface area contributed by atoms with Gasteiger partial charge in [-0.1, -0.05) is 18.2 Å². The first-order valence-electron chi connectivity index (χ1n) is 3.85. The second kappa shape index (κ2) is 5.11. The first-order valence-corrected chi connectivity index (χ1v) is 3.85. The second-order valence-corrected chi connectivity index (χ2v) is 2.44.